The van der Waals surface area contributed by atoms with Crippen LogP contribution in [0.3, 0.4) is 0 Å². The number of hydrogen-bond donors (Lipinski definition) is 2. The molecule has 17 heavy (non-hydrogen) atoms. The minimum absolute atomic E-state index is 0.111. The predicted octanol–water partition coefficient (Wildman–Crippen LogP) is 0.917. The Labute approximate surface area is 103 Å². The summed E-state index contributed by atoms with van der Waals surface area (Å²) in [5.74, 6) is 0.295. The van der Waals surface area contributed by atoms with E-state index in [4.69, 9.17) is 4.74 Å². The number of carbonyl (C=O) groups is 1. The maximum atomic E-state index is 11.9. The highest BCUT2D eigenvalue weighted by Gasteiger charge is 2.44. The highest BCUT2D eigenvalue weighted by Crippen LogP contribution is 2.34. The van der Waals surface area contributed by atoms with Gasteiger partial charge in [-0.25, -0.2) is 0 Å². The summed E-state index contributed by atoms with van der Waals surface area (Å²) in [6.45, 7) is 7.89. The molecule has 1 saturated heterocycles. The Morgan fingerprint density at radius 3 is 2.82 bits per heavy atom. The molecule has 1 heterocycles. The van der Waals surface area contributed by atoms with Crippen molar-refractivity contribution in [3.63, 3.8) is 0 Å². The van der Waals surface area contributed by atoms with Crippen molar-refractivity contribution in [3.05, 3.63) is 0 Å². The van der Waals surface area contributed by atoms with Crippen molar-refractivity contribution in [2.45, 2.75) is 39.2 Å². The molecule has 1 aliphatic carbocycles. The molecule has 1 aliphatic heterocycles. The van der Waals surface area contributed by atoms with Crippen molar-refractivity contribution in [1.82, 2.24) is 10.6 Å². The largest absolute Gasteiger partial charge is 0.378 e. The van der Waals surface area contributed by atoms with Crippen molar-refractivity contribution in [3.8, 4) is 0 Å². The zero-order chi connectivity index (χ0) is 12.3. The van der Waals surface area contributed by atoms with Crippen LogP contribution in [0.2, 0.25) is 0 Å². The van der Waals surface area contributed by atoms with Crippen molar-refractivity contribution in [1.29, 1.82) is 0 Å². The third-order valence-corrected chi connectivity index (χ3v) is 3.95. The normalized spacial score (nSPS) is 30.9. The number of carbonyl (C=O) groups excluding carboxylic acids is 1. The summed E-state index contributed by atoms with van der Waals surface area (Å²) in [4.78, 5) is 11.9. The summed E-state index contributed by atoms with van der Waals surface area (Å²) in [5, 5.41) is 6.45. The lowest BCUT2D eigenvalue weighted by Crippen LogP contribution is -2.43. The van der Waals surface area contributed by atoms with Gasteiger partial charge >= 0.3 is 0 Å². The van der Waals surface area contributed by atoms with Gasteiger partial charge in [0, 0.05) is 13.2 Å². The third kappa shape index (κ3) is 3.42. The Morgan fingerprint density at radius 2 is 2.18 bits per heavy atom. The first-order valence-electron chi connectivity index (χ1n) is 6.75. The number of ether oxygens (including phenoxy) is 1. The standard InChI is InChI=1S/C13H24N2O2/c1-3-17-11-8-10(11)12(16)15-9-13(2)4-6-14-7-5-13/h10-11,14H,3-9H2,1-2H3,(H,15,16). The lowest BCUT2D eigenvalue weighted by Gasteiger charge is -2.34. The van der Waals surface area contributed by atoms with Crippen LogP contribution in [-0.4, -0.2) is 38.3 Å². The molecule has 2 rings (SSSR count). The first-order chi connectivity index (χ1) is 8.14. The topological polar surface area (TPSA) is 50.4 Å². The van der Waals surface area contributed by atoms with E-state index >= 15 is 0 Å². The van der Waals surface area contributed by atoms with Gasteiger partial charge in [0.25, 0.3) is 0 Å². The molecule has 2 aliphatic rings. The maximum Gasteiger partial charge on any atom is 0.225 e. The molecule has 2 fully saturated rings. The number of hydrogen-bond acceptors (Lipinski definition) is 3. The molecule has 2 unspecified atom stereocenters. The van der Waals surface area contributed by atoms with Crippen LogP contribution in [0.1, 0.15) is 33.1 Å². The van der Waals surface area contributed by atoms with Crippen molar-refractivity contribution < 1.29 is 9.53 Å². The number of piperidine rings is 1. The molecular formula is C13H24N2O2. The van der Waals surface area contributed by atoms with Gasteiger partial charge in [-0.15, -0.1) is 0 Å². The molecule has 0 aromatic heterocycles. The lowest BCUT2D eigenvalue weighted by molar-refractivity contribution is -0.123. The molecule has 4 heteroatoms. The maximum absolute atomic E-state index is 11.9. The molecule has 98 valence electrons. The van der Waals surface area contributed by atoms with Crippen LogP contribution in [0.25, 0.3) is 0 Å². The summed E-state index contributed by atoms with van der Waals surface area (Å²) < 4.78 is 5.43. The Balaban J connectivity index is 1.69. The molecule has 0 radical (unpaired) electrons. The van der Waals surface area contributed by atoms with Gasteiger partial charge in [0.2, 0.25) is 5.91 Å². The average molecular weight is 240 g/mol. The smallest absolute Gasteiger partial charge is 0.225 e. The molecule has 1 saturated carbocycles. The summed E-state index contributed by atoms with van der Waals surface area (Å²) in [6, 6.07) is 0. The predicted molar refractivity (Wildman–Crippen MR) is 66.7 cm³/mol. The van der Waals surface area contributed by atoms with E-state index in [0.717, 1.165) is 38.9 Å². The fourth-order valence-corrected chi connectivity index (χ4v) is 2.48. The van der Waals surface area contributed by atoms with Crippen LogP contribution in [0.4, 0.5) is 0 Å². The number of amides is 1. The van der Waals surface area contributed by atoms with Gasteiger partial charge in [-0.05, 0) is 44.7 Å². The van der Waals surface area contributed by atoms with Crippen LogP contribution in [0.15, 0.2) is 0 Å². The summed E-state index contributed by atoms with van der Waals surface area (Å²) in [5.41, 5.74) is 0.275. The average Bonchev–Trinajstić information content (AvgIpc) is 3.07. The Hall–Kier alpha value is -0.610. The molecule has 2 N–H and O–H groups in total. The minimum atomic E-state index is 0.111. The van der Waals surface area contributed by atoms with Gasteiger partial charge < -0.3 is 15.4 Å². The summed E-state index contributed by atoms with van der Waals surface area (Å²) in [6.07, 6.45) is 3.37. The van der Waals surface area contributed by atoms with Crippen molar-refractivity contribution in [2.24, 2.45) is 11.3 Å². The van der Waals surface area contributed by atoms with Crippen LogP contribution in [0.5, 0.6) is 0 Å². The Bertz CT molecular complexity index is 275. The monoisotopic (exact) mass is 240 g/mol. The lowest BCUT2D eigenvalue weighted by atomic mass is 9.81. The first-order valence-corrected chi connectivity index (χ1v) is 6.75. The number of rotatable bonds is 5. The number of nitrogens with one attached hydrogen (secondary N) is 2. The fraction of sp³-hybridized carbons (Fsp3) is 0.923. The molecule has 2 atom stereocenters. The fourth-order valence-electron chi connectivity index (χ4n) is 2.48. The molecule has 1 amide bonds. The van der Waals surface area contributed by atoms with Crippen molar-refractivity contribution in [2.75, 3.05) is 26.2 Å². The molecule has 0 aromatic rings. The molecule has 0 bridgehead atoms. The van der Waals surface area contributed by atoms with Gasteiger partial charge in [0.05, 0.1) is 12.0 Å². The second kappa shape index (κ2) is 5.36. The SMILES string of the molecule is CCOC1CC1C(=O)NCC1(C)CCNCC1. The van der Waals surface area contributed by atoms with E-state index < -0.39 is 0 Å². The van der Waals surface area contributed by atoms with Gasteiger partial charge in [-0.1, -0.05) is 6.92 Å². The second-order valence-electron chi connectivity index (χ2n) is 5.61. The van der Waals surface area contributed by atoms with Crippen molar-refractivity contribution >= 4 is 5.91 Å². The minimum Gasteiger partial charge on any atom is -0.378 e. The van der Waals surface area contributed by atoms with Gasteiger partial charge in [0.1, 0.15) is 0 Å². The van der Waals surface area contributed by atoms with E-state index in [9.17, 15) is 4.79 Å². The van der Waals surface area contributed by atoms with Crippen LogP contribution < -0.4 is 10.6 Å². The zero-order valence-corrected chi connectivity index (χ0v) is 10.9. The van der Waals surface area contributed by atoms with Crippen LogP contribution >= 0.6 is 0 Å². The molecule has 0 aromatic carbocycles. The van der Waals surface area contributed by atoms with E-state index in [1.54, 1.807) is 0 Å². The quantitative estimate of drug-likeness (QED) is 0.751. The Kier molecular flexibility index (Phi) is 4.05. The van der Waals surface area contributed by atoms with E-state index in [-0.39, 0.29) is 23.3 Å². The highest BCUT2D eigenvalue weighted by molar-refractivity contribution is 5.82. The molecule has 0 spiro atoms. The van der Waals surface area contributed by atoms with Crippen LogP contribution in [0, 0.1) is 11.3 Å². The van der Waals surface area contributed by atoms with Crippen LogP contribution in [-0.2, 0) is 9.53 Å². The third-order valence-electron chi connectivity index (χ3n) is 3.95. The van der Waals surface area contributed by atoms with Gasteiger partial charge in [-0.3, -0.25) is 4.79 Å². The van der Waals surface area contributed by atoms with Gasteiger partial charge in [-0.2, -0.15) is 0 Å². The van der Waals surface area contributed by atoms with E-state index in [0.29, 0.717) is 6.61 Å². The Morgan fingerprint density at radius 1 is 1.47 bits per heavy atom. The van der Waals surface area contributed by atoms with E-state index in [1.165, 1.54) is 0 Å². The summed E-state index contributed by atoms with van der Waals surface area (Å²) in [7, 11) is 0. The first kappa shape index (κ1) is 12.8. The zero-order valence-electron chi connectivity index (χ0n) is 10.9. The molecule has 4 nitrogen and oxygen atoms in total. The van der Waals surface area contributed by atoms with Gasteiger partial charge in [0.15, 0.2) is 0 Å². The van der Waals surface area contributed by atoms with E-state index in [1.807, 2.05) is 6.92 Å². The van der Waals surface area contributed by atoms with E-state index in [2.05, 4.69) is 17.6 Å². The second-order valence-corrected chi connectivity index (χ2v) is 5.61. The summed E-state index contributed by atoms with van der Waals surface area (Å²) >= 11 is 0. The highest BCUT2D eigenvalue weighted by atomic mass is 16.5. The molecular weight excluding hydrogens is 216 g/mol.